The number of rotatable bonds is 5. The Hall–Kier alpha value is -4.32. The maximum atomic E-state index is 14.1. The lowest BCUT2D eigenvalue weighted by molar-refractivity contribution is -0.387. The lowest BCUT2D eigenvalue weighted by Gasteiger charge is -2.14. The lowest BCUT2D eigenvalue weighted by atomic mass is 10.0. The van der Waals surface area contributed by atoms with Crippen molar-refractivity contribution in [3.05, 3.63) is 75.3 Å². The molecule has 0 bridgehead atoms. The number of nitro benzene ring substituents is 1. The topological polar surface area (TPSA) is 110 Å². The van der Waals surface area contributed by atoms with E-state index >= 15 is 0 Å². The minimum atomic E-state index is -0.891. The Morgan fingerprint density at radius 2 is 2.21 bits per heavy atom. The molecule has 0 unspecified atom stereocenters. The summed E-state index contributed by atoms with van der Waals surface area (Å²) in [6.07, 6.45) is 5.95. The van der Waals surface area contributed by atoms with E-state index in [0.29, 0.717) is 28.9 Å². The summed E-state index contributed by atoms with van der Waals surface area (Å²) in [5.41, 5.74) is 4.33. The van der Waals surface area contributed by atoms with Gasteiger partial charge in [0, 0.05) is 29.8 Å². The van der Waals surface area contributed by atoms with Crippen molar-refractivity contribution in [2.75, 3.05) is 5.32 Å². The van der Waals surface area contributed by atoms with E-state index in [1.54, 1.807) is 0 Å². The highest BCUT2D eigenvalue weighted by Gasteiger charge is 2.21. The average molecular weight is 442 g/mol. The number of benzene rings is 2. The Kier molecular flexibility index (Phi) is 4.98. The van der Waals surface area contributed by atoms with Crippen LogP contribution in [-0.4, -0.2) is 19.5 Å². The molecule has 8 nitrogen and oxygen atoms in total. The number of halogens is 1. The maximum absolute atomic E-state index is 14.1. The first-order valence-corrected chi connectivity index (χ1v) is 10.6. The van der Waals surface area contributed by atoms with Gasteiger partial charge in [-0.2, -0.15) is 9.65 Å². The number of hydrogen-bond donors (Lipinski definition) is 1. The third-order valence-electron chi connectivity index (χ3n) is 5.99. The molecule has 4 aromatic rings. The van der Waals surface area contributed by atoms with Crippen LogP contribution in [0.4, 0.5) is 21.7 Å². The highest BCUT2D eigenvalue weighted by atomic mass is 19.1. The zero-order valence-corrected chi connectivity index (χ0v) is 17.8. The Morgan fingerprint density at radius 3 is 2.97 bits per heavy atom. The van der Waals surface area contributed by atoms with Crippen molar-refractivity contribution in [2.24, 2.45) is 0 Å². The van der Waals surface area contributed by atoms with Gasteiger partial charge in [0.15, 0.2) is 0 Å². The number of nitrogens with one attached hydrogen (secondary N) is 1. The second kappa shape index (κ2) is 7.98. The van der Waals surface area contributed by atoms with Crippen molar-refractivity contribution >= 4 is 28.2 Å². The van der Waals surface area contributed by atoms with Crippen LogP contribution in [0.2, 0.25) is 0 Å². The fourth-order valence-electron chi connectivity index (χ4n) is 4.45. The Balaban J connectivity index is 1.63. The van der Waals surface area contributed by atoms with Crippen LogP contribution in [0.5, 0.6) is 0 Å². The summed E-state index contributed by atoms with van der Waals surface area (Å²) in [5, 5.41) is 24.9. The predicted molar refractivity (Wildman–Crippen MR) is 122 cm³/mol. The molecule has 1 aliphatic rings. The van der Waals surface area contributed by atoms with Crippen molar-refractivity contribution < 1.29 is 9.31 Å². The van der Waals surface area contributed by atoms with Crippen molar-refractivity contribution in [2.45, 2.75) is 32.7 Å². The van der Waals surface area contributed by atoms with Crippen LogP contribution in [0, 0.1) is 27.3 Å². The number of para-hydroxylation sites is 1. The first-order valence-electron chi connectivity index (χ1n) is 10.6. The van der Waals surface area contributed by atoms with Gasteiger partial charge in [-0.25, -0.2) is 9.97 Å². The quantitative estimate of drug-likeness (QED) is 0.333. The van der Waals surface area contributed by atoms with E-state index in [2.05, 4.69) is 32.0 Å². The maximum Gasteiger partial charge on any atom is 0.306 e. The molecule has 0 saturated carbocycles. The minimum Gasteiger partial charge on any atom is -0.347 e. The molecule has 9 heteroatoms. The van der Waals surface area contributed by atoms with Gasteiger partial charge in [0.25, 0.3) is 0 Å². The zero-order chi connectivity index (χ0) is 23.1. The van der Waals surface area contributed by atoms with Crippen LogP contribution in [-0.2, 0) is 19.4 Å². The van der Waals surface area contributed by atoms with Crippen LogP contribution < -0.4 is 5.32 Å². The number of anilines is 2. The largest absolute Gasteiger partial charge is 0.347 e. The van der Waals surface area contributed by atoms with Crippen molar-refractivity contribution in [1.82, 2.24) is 14.5 Å². The average Bonchev–Trinajstić information content (AvgIpc) is 3.20. The van der Waals surface area contributed by atoms with Crippen LogP contribution in [0.15, 0.2) is 42.7 Å². The van der Waals surface area contributed by atoms with Crippen LogP contribution in [0.3, 0.4) is 0 Å². The molecule has 0 saturated heterocycles. The number of nitro groups is 1. The van der Waals surface area contributed by atoms with E-state index < -0.39 is 16.4 Å². The summed E-state index contributed by atoms with van der Waals surface area (Å²) in [4.78, 5) is 19.3. The fourth-order valence-corrected chi connectivity index (χ4v) is 4.45. The smallest absolute Gasteiger partial charge is 0.306 e. The van der Waals surface area contributed by atoms with E-state index in [4.69, 9.17) is 0 Å². The van der Waals surface area contributed by atoms with E-state index in [-0.39, 0.29) is 5.95 Å². The lowest BCUT2D eigenvalue weighted by Crippen LogP contribution is -2.05. The van der Waals surface area contributed by atoms with Gasteiger partial charge in [-0.3, -0.25) is 10.1 Å². The summed E-state index contributed by atoms with van der Waals surface area (Å²) >= 11 is 0. The highest BCUT2D eigenvalue weighted by molar-refractivity contribution is 5.98. The van der Waals surface area contributed by atoms with Gasteiger partial charge < -0.3 is 9.88 Å². The van der Waals surface area contributed by atoms with Crippen LogP contribution in [0.1, 0.15) is 30.0 Å². The summed E-state index contributed by atoms with van der Waals surface area (Å²) in [6.45, 7) is 2.72. The first kappa shape index (κ1) is 20.6. The monoisotopic (exact) mass is 442 g/mol. The fraction of sp³-hybridized carbons (Fsp3) is 0.208. The van der Waals surface area contributed by atoms with Crippen molar-refractivity contribution in [3.8, 4) is 17.3 Å². The first-order chi connectivity index (χ1) is 16.0. The molecule has 2 aromatic carbocycles. The summed E-state index contributed by atoms with van der Waals surface area (Å²) in [7, 11) is 0. The van der Waals surface area contributed by atoms with Crippen LogP contribution >= 0.6 is 0 Å². The minimum absolute atomic E-state index is 0.173. The van der Waals surface area contributed by atoms with Crippen LogP contribution in [0.25, 0.3) is 22.2 Å². The number of hydrogen-bond acceptors (Lipinski definition) is 6. The Morgan fingerprint density at radius 1 is 1.36 bits per heavy atom. The molecule has 33 heavy (non-hydrogen) atoms. The molecule has 2 aromatic heterocycles. The van der Waals surface area contributed by atoms with E-state index in [1.165, 1.54) is 11.8 Å². The second-order valence-corrected chi connectivity index (χ2v) is 7.92. The van der Waals surface area contributed by atoms with E-state index in [9.17, 15) is 19.8 Å². The Labute approximate surface area is 188 Å². The molecular weight excluding hydrogens is 423 g/mol. The molecule has 0 amide bonds. The van der Waals surface area contributed by atoms with Gasteiger partial charge in [-0.05, 0) is 36.5 Å². The number of aryl methyl sites for hydroxylation is 3. The molecule has 1 aliphatic heterocycles. The second-order valence-electron chi connectivity index (χ2n) is 7.92. The number of nitriles is 1. The van der Waals surface area contributed by atoms with Crippen molar-refractivity contribution in [1.29, 1.82) is 5.26 Å². The standard InChI is InChI=1S/C24H19FN6O2/c1-2-14-9-19(25)21(31(32)33)10-20(14)28-24-27-12-16(11-26)22(29-24)18-13-30-8-4-6-15-5-3-7-17(18)23(15)30/h3,5,7,9-10,12-13H,2,4,6,8H2,1H3,(H,27,28,29). The van der Waals surface area contributed by atoms with Gasteiger partial charge in [0.2, 0.25) is 11.8 Å². The molecule has 1 N–H and O–H groups in total. The molecule has 0 fully saturated rings. The molecule has 0 atom stereocenters. The molecule has 5 rings (SSSR count). The molecular formula is C24H19FN6O2. The Bertz CT molecular complexity index is 1470. The number of nitrogens with zero attached hydrogens (tertiary/aromatic N) is 5. The third kappa shape index (κ3) is 3.46. The third-order valence-corrected chi connectivity index (χ3v) is 5.99. The van der Waals surface area contributed by atoms with E-state index in [1.807, 2.05) is 25.3 Å². The molecule has 0 spiro atoms. The number of aromatic nitrogens is 3. The predicted octanol–water partition coefficient (Wildman–Crippen LogP) is 5.27. The SMILES string of the molecule is CCc1cc(F)c([N+](=O)[O-])cc1Nc1ncc(C#N)c(-c2cn3c4c(cccc24)CCC3)n1. The van der Waals surface area contributed by atoms with Gasteiger partial charge in [-0.1, -0.05) is 25.1 Å². The highest BCUT2D eigenvalue weighted by Crippen LogP contribution is 2.36. The summed E-state index contributed by atoms with van der Waals surface area (Å²) in [6, 6.07) is 10.6. The zero-order valence-electron chi connectivity index (χ0n) is 17.8. The van der Waals surface area contributed by atoms with Crippen molar-refractivity contribution in [3.63, 3.8) is 0 Å². The normalized spacial score (nSPS) is 12.5. The van der Waals surface area contributed by atoms with E-state index in [0.717, 1.165) is 48.0 Å². The molecule has 164 valence electrons. The molecule has 0 aliphatic carbocycles. The molecule has 3 heterocycles. The molecule has 0 radical (unpaired) electrons. The van der Waals surface area contributed by atoms with Gasteiger partial charge in [-0.15, -0.1) is 0 Å². The summed E-state index contributed by atoms with van der Waals surface area (Å²) in [5.74, 6) is -0.718. The van der Waals surface area contributed by atoms with Gasteiger partial charge >= 0.3 is 5.69 Å². The van der Waals surface area contributed by atoms with Gasteiger partial charge in [0.05, 0.1) is 33.6 Å². The summed E-state index contributed by atoms with van der Waals surface area (Å²) < 4.78 is 16.3. The van der Waals surface area contributed by atoms with Gasteiger partial charge in [0.1, 0.15) is 6.07 Å².